The molecule has 0 saturated carbocycles. The lowest BCUT2D eigenvalue weighted by Crippen LogP contribution is -2.49. The molecule has 1 aliphatic rings. The summed E-state index contributed by atoms with van der Waals surface area (Å²) in [7, 11) is 0. The van der Waals surface area contributed by atoms with Crippen LogP contribution in [0.25, 0.3) is 0 Å². The molecule has 1 aromatic carbocycles. The molecule has 7 heteroatoms. The van der Waals surface area contributed by atoms with Gasteiger partial charge in [0.1, 0.15) is 12.2 Å². The van der Waals surface area contributed by atoms with Gasteiger partial charge < -0.3 is 24.4 Å². The number of hydrogen-bond donors (Lipinski definition) is 1. The minimum absolute atomic E-state index is 0.190. The van der Waals surface area contributed by atoms with Crippen molar-refractivity contribution in [2.75, 3.05) is 26.2 Å². The Balaban J connectivity index is 1.96. The maximum absolute atomic E-state index is 12.4. The van der Waals surface area contributed by atoms with Crippen LogP contribution in [-0.2, 0) is 16.1 Å². The van der Waals surface area contributed by atoms with Gasteiger partial charge >= 0.3 is 12.2 Å². The second kappa shape index (κ2) is 8.89. The molecule has 1 saturated heterocycles. The molecule has 26 heavy (non-hydrogen) atoms. The summed E-state index contributed by atoms with van der Waals surface area (Å²) in [6, 6.07) is 8.92. The van der Waals surface area contributed by atoms with Gasteiger partial charge in [0, 0.05) is 19.6 Å². The van der Waals surface area contributed by atoms with Crippen LogP contribution in [0.2, 0.25) is 0 Å². The van der Waals surface area contributed by atoms with E-state index in [0.29, 0.717) is 19.5 Å². The van der Waals surface area contributed by atoms with Gasteiger partial charge in [-0.25, -0.2) is 9.59 Å². The standard InChI is InChI=1S/C19H28N2O5/c1-19(2,3)26-18(24)21-11-7-10-20(12-16(21)13-22)17(23)25-14-15-8-5-4-6-9-15/h4-6,8-9,16,22H,7,10-14H2,1-3H3/t16-/m0/s1. The normalized spacial score (nSPS) is 18.2. The summed E-state index contributed by atoms with van der Waals surface area (Å²) in [5.41, 5.74) is 0.294. The Morgan fingerprint density at radius 2 is 1.85 bits per heavy atom. The van der Waals surface area contributed by atoms with Crippen LogP contribution in [0, 0.1) is 0 Å². The molecule has 1 atom stereocenters. The number of carbonyl (C=O) groups excluding carboxylic acids is 2. The molecule has 1 heterocycles. The van der Waals surface area contributed by atoms with Gasteiger partial charge in [0.05, 0.1) is 12.6 Å². The van der Waals surface area contributed by atoms with E-state index in [1.807, 2.05) is 30.3 Å². The van der Waals surface area contributed by atoms with E-state index in [1.165, 1.54) is 9.80 Å². The third-order valence-corrected chi connectivity index (χ3v) is 4.00. The van der Waals surface area contributed by atoms with Gasteiger partial charge in [0.15, 0.2) is 0 Å². The molecule has 144 valence electrons. The van der Waals surface area contributed by atoms with Crippen LogP contribution in [0.5, 0.6) is 0 Å². The van der Waals surface area contributed by atoms with E-state index in [9.17, 15) is 14.7 Å². The maximum Gasteiger partial charge on any atom is 0.410 e. The van der Waals surface area contributed by atoms with Gasteiger partial charge in [-0.15, -0.1) is 0 Å². The van der Waals surface area contributed by atoms with Gasteiger partial charge in [0.2, 0.25) is 0 Å². The lowest BCUT2D eigenvalue weighted by molar-refractivity contribution is 0.00876. The Hall–Kier alpha value is -2.28. The number of rotatable bonds is 3. The molecule has 2 amide bonds. The minimum Gasteiger partial charge on any atom is -0.445 e. The molecule has 0 unspecified atom stereocenters. The molecule has 0 radical (unpaired) electrons. The van der Waals surface area contributed by atoms with E-state index >= 15 is 0 Å². The van der Waals surface area contributed by atoms with Gasteiger partial charge in [-0.1, -0.05) is 30.3 Å². The van der Waals surface area contributed by atoms with E-state index in [-0.39, 0.29) is 19.8 Å². The molecule has 7 nitrogen and oxygen atoms in total. The lowest BCUT2D eigenvalue weighted by Gasteiger charge is -2.32. The smallest absolute Gasteiger partial charge is 0.410 e. The molecule has 1 aromatic rings. The first-order valence-corrected chi connectivity index (χ1v) is 8.86. The fourth-order valence-corrected chi connectivity index (χ4v) is 2.75. The van der Waals surface area contributed by atoms with Crippen molar-refractivity contribution >= 4 is 12.2 Å². The zero-order chi connectivity index (χ0) is 19.2. The maximum atomic E-state index is 12.4. The molecular formula is C19H28N2O5. The first kappa shape index (κ1) is 20.0. The van der Waals surface area contributed by atoms with Crippen LogP contribution in [0.1, 0.15) is 32.8 Å². The Bertz CT molecular complexity index is 600. The Kier molecular flexibility index (Phi) is 6.85. The molecular weight excluding hydrogens is 336 g/mol. The van der Waals surface area contributed by atoms with E-state index in [0.717, 1.165) is 5.56 Å². The average Bonchev–Trinajstić information content (AvgIpc) is 2.81. The highest BCUT2D eigenvalue weighted by molar-refractivity contribution is 5.70. The molecule has 0 bridgehead atoms. The van der Waals surface area contributed by atoms with Crippen molar-refractivity contribution in [1.82, 2.24) is 9.80 Å². The Labute approximate surface area is 154 Å². The van der Waals surface area contributed by atoms with Crippen LogP contribution in [-0.4, -0.2) is 65.0 Å². The number of hydrogen-bond acceptors (Lipinski definition) is 5. The summed E-state index contributed by atoms with van der Waals surface area (Å²) in [5.74, 6) is 0. The summed E-state index contributed by atoms with van der Waals surface area (Å²) < 4.78 is 10.8. The van der Waals surface area contributed by atoms with E-state index < -0.39 is 23.8 Å². The van der Waals surface area contributed by atoms with E-state index in [1.54, 1.807) is 20.8 Å². The number of nitrogens with zero attached hydrogens (tertiary/aromatic N) is 2. The van der Waals surface area contributed by atoms with Gasteiger partial charge in [0.25, 0.3) is 0 Å². The fourth-order valence-electron chi connectivity index (χ4n) is 2.75. The van der Waals surface area contributed by atoms with Crippen LogP contribution >= 0.6 is 0 Å². The van der Waals surface area contributed by atoms with Crippen molar-refractivity contribution in [3.8, 4) is 0 Å². The molecule has 2 rings (SSSR count). The van der Waals surface area contributed by atoms with Crippen LogP contribution < -0.4 is 0 Å². The molecule has 1 aliphatic heterocycles. The van der Waals surface area contributed by atoms with Crippen molar-refractivity contribution in [2.45, 2.75) is 45.4 Å². The minimum atomic E-state index is -0.613. The van der Waals surface area contributed by atoms with Crippen molar-refractivity contribution in [3.63, 3.8) is 0 Å². The highest BCUT2D eigenvalue weighted by atomic mass is 16.6. The van der Waals surface area contributed by atoms with Crippen molar-refractivity contribution < 1.29 is 24.2 Å². The summed E-state index contributed by atoms with van der Waals surface area (Å²) >= 11 is 0. The molecule has 0 spiro atoms. The SMILES string of the molecule is CC(C)(C)OC(=O)N1CCCN(C(=O)OCc2ccccc2)C[C@H]1CO. The summed E-state index contributed by atoms with van der Waals surface area (Å²) in [4.78, 5) is 27.8. The second-order valence-corrected chi connectivity index (χ2v) is 7.35. The van der Waals surface area contributed by atoms with Crippen LogP contribution in [0.4, 0.5) is 9.59 Å². The molecule has 0 aliphatic carbocycles. The number of aliphatic hydroxyl groups is 1. The average molecular weight is 364 g/mol. The number of aliphatic hydroxyl groups excluding tert-OH is 1. The number of benzene rings is 1. The highest BCUT2D eigenvalue weighted by Gasteiger charge is 2.33. The van der Waals surface area contributed by atoms with E-state index in [4.69, 9.17) is 9.47 Å². The fraction of sp³-hybridized carbons (Fsp3) is 0.579. The molecule has 0 aromatic heterocycles. The summed E-state index contributed by atoms with van der Waals surface area (Å²) in [6.45, 7) is 6.42. The van der Waals surface area contributed by atoms with Gasteiger partial charge in [-0.2, -0.15) is 0 Å². The van der Waals surface area contributed by atoms with Crippen LogP contribution in [0.15, 0.2) is 30.3 Å². The quantitative estimate of drug-likeness (QED) is 0.892. The zero-order valence-corrected chi connectivity index (χ0v) is 15.7. The first-order valence-electron chi connectivity index (χ1n) is 8.86. The third-order valence-electron chi connectivity index (χ3n) is 4.00. The number of ether oxygens (including phenoxy) is 2. The van der Waals surface area contributed by atoms with Crippen molar-refractivity contribution in [1.29, 1.82) is 0 Å². The Morgan fingerprint density at radius 1 is 1.15 bits per heavy atom. The summed E-state index contributed by atoms with van der Waals surface area (Å²) in [5, 5.41) is 9.71. The predicted molar refractivity (Wildman–Crippen MR) is 96.6 cm³/mol. The number of amides is 2. The summed E-state index contributed by atoms with van der Waals surface area (Å²) in [6.07, 6.45) is -0.328. The lowest BCUT2D eigenvalue weighted by atomic mass is 10.2. The zero-order valence-electron chi connectivity index (χ0n) is 15.7. The predicted octanol–water partition coefficient (Wildman–Crippen LogP) is 2.63. The monoisotopic (exact) mass is 364 g/mol. The van der Waals surface area contributed by atoms with E-state index in [2.05, 4.69) is 0 Å². The molecule has 1 fully saturated rings. The first-order chi connectivity index (χ1) is 12.3. The van der Waals surface area contributed by atoms with Gasteiger partial charge in [-0.05, 0) is 32.8 Å². The van der Waals surface area contributed by atoms with Crippen molar-refractivity contribution in [3.05, 3.63) is 35.9 Å². The molecule has 1 N–H and O–H groups in total. The second-order valence-electron chi connectivity index (χ2n) is 7.35. The van der Waals surface area contributed by atoms with Crippen molar-refractivity contribution in [2.24, 2.45) is 0 Å². The third kappa shape index (κ3) is 5.91. The Morgan fingerprint density at radius 3 is 2.46 bits per heavy atom. The largest absolute Gasteiger partial charge is 0.445 e. The van der Waals surface area contributed by atoms with Gasteiger partial charge in [-0.3, -0.25) is 0 Å². The highest BCUT2D eigenvalue weighted by Crippen LogP contribution is 2.17. The number of carbonyl (C=O) groups is 2. The van der Waals surface area contributed by atoms with Crippen LogP contribution in [0.3, 0.4) is 0 Å². The topological polar surface area (TPSA) is 79.3 Å².